The van der Waals surface area contributed by atoms with Crippen molar-refractivity contribution in [1.29, 1.82) is 0 Å². The Balaban J connectivity index is 1.69. The molecular formula is C19H23N5OS. The summed E-state index contributed by atoms with van der Waals surface area (Å²) in [6.07, 6.45) is 5.37. The highest BCUT2D eigenvalue weighted by atomic mass is 32.1. The summed E-state index contributed by atoms with van der Waals surface area (Å²) in [4.78, 5) is 16.6. The van der Waals surface area contributed by atoms with Crippen LogP contribution in [0.1, 0.15) is 53.3 Å². The molecule has 3 aromatic heterocycles. The van der Waals surface area contributed by atoms with Crippen molar-refractivity contribution in [2.45, 2.75) is 52.6 Å². The first-order valence-corrected chi connectivity index (χ1v) is 9.91. The topological polar surface area (TPSA) is 67.9 Å². The van der Waals surface area contributed by atoms with Crippen molar-refractivity contribution in [2.24, 2.45) is 0 Å². The summed E-state index contributed by atoms with van der Waals surface area (Å²) in [7, 11) is 0. The van der Waals surface area contributed by atoms with Gasteiger partial charge in [0, 0.05) is 17.3 Å². The molecule has 1 aliphatic rings. The fourth-order valence-corrected chi connectivity index (χ4v) is 4.34. The SMILES string of the molecule is Cc1cc(-c2c(C)noc2C)nc(C2CCCCN2Cc2nccs2)n1. The lowest BCUT2D eigenvalue weighted by Gasteiger charge is -2.34. The Hall–Kier alpha value is -2.12. The highest BCUT2D eigenvalue weighted by Gasteiger charge is 2.28. The van der Waals surface area contributed by atoms with E-state index >= 15 is 0 Å². The molecule has 6 nitrogen and oxygen atoms in total. The summed E-state index contributed by atoms with van der Waals surface area (Å²) in [5, 5.41) is 7.26. The molecule has 1 atom stereocenters. The van der Waals surface area contributed by atoms with Crippen LogP contribution in [-0.2, 0) is 6.54 Å². The van der Waals surface area contributed by atoms with Crippen molar-refractivity contribution in [3.8, 4) is 11.3 Å². The van der Waals surface area contributed by atoms with Crippen molar-refractivity contribution in [1.82, 2.24) is 25.0 Å². The summed E-state index contributed by atoms with van der Waals surface area (Å²) in [5.74, 6) is 1.70. The van der Waals surface area contributed by atoms with Gasteiger partial charge in [-0.1, -0.05) is 11.6 Å². The van der Waals surface area contributed by atoms with Crippen LogP contribution in [0, 0.1) is 20.8 Å². The average Bonchev–Trinajstić information content (AvgIpc) is 3.24. The Morgan fingerprint density at radius 3 is 2.85 bits per heavy atom. The minimum Gasteiger partial charge on any atom is -0.361 e. The van der Waals surface area contributed by atoms with Gasteiger partial charge in [-0.3, -0.25) is 4.90 Å². The number of likely N-dealkylation sites (tertiary alicyclic amines) is 1. The van der Waals surface area contributed by atoms with Crippen LogP contribution in [0.4, 0.5) is 0 Å². The number of aryl methyl sites for hydroxylation is 3. The number of rotatable bonds is 4. The second-order valence-corrected chi connectivity index (χ2v) is 7.84. The molecule has 0 radical (unpaired) electrons. The van der Waals surface area contributed by atoms with Crippen LogP contribution in [0.25, 0.3) is 11.3 Å². The average molecular weight is 369 g/mol. The first-order chi connectivity index (χ1) is 12.6. The van der Waals surface area contributed by atoms with Crippen molar-refractivity contribution in [2.75, 3.05) is 6.54 Å². The Morgan fingerprint density at radius 1 is 1.23 bits per heavy atom. The van der Waals surface area contributed by atoms with Gasteiger partial charge in [-0.2, -0.15) is 0 Å². The molecule has 0 aromatic carbocycles. The van der Waals surface area contributed by atoms with E-state index in [1.54, 1.807) is 11.3 Å². The molecule has 26 heavy (non-hydrogen) atoms. The van der Waals surface area contributed by atoms with Crippen molar-refractivity contribution in [3.63, 3.8) is 0 Å². The molecule has 0 spiro atoms. The van der Waals surface area contributed by atoms with Crippen LogP contribution in [0.2, 0.25) is 0 Å². The number of nitrogens with zero attached hydrogens (tertiary/aromatic N) is 5. The van der Waals surface area contributed by atoms with Crippen LogP contribution in [-0.4, -0.2) is 31.6 Å². The van der Waals surface area contributed by atoms with E-state index in [9.17, 15) is 0 Å². The number of piperidine rings is 1. The highest BCUT2D eigenvalue weighted by Crippen LogP contribution is 2.33. The molecule has 0 saturated carbocycles. The van der Waals surface area contributed by atoms with Crippen LogP contribution in [0.5, 0.6) is 0 Å². The maximum Gasteiger partial charge on any atom is 0.146 e. The molecule has 4 rings (SSSR count). The van der Waals surface area contributed by atoms with Crippen LogP contribution in [0.15, 0.2) is 22.2 Å². The Labute approximate surface area is 157 Å². The van der Waals surface area contributed by atoms with Gasteiger partial charge < -0.3 is 4.52 Å². The molecular weight excluding hydrogens is 346 g/mol. The fourth-order valence-electron chi connectivity index (χ4n) is 3.69. The molecule has 7 heteroatoms. The lowest BCUT2D eigenvalue weighted by molar-refractivity contribution is 0.133. The largest absolute Gasteiger partial charge is 0.361 e. The zero-order valence-corrected chi connectivity index (χ0v) is 16.2. The van der Waals surface area contributed by atoms with Crippen LogP contribution < -0.4 is 0 Å². The third kappa shape index (κ3) is 3.41. The predicted octanol–water partition coefficient (Wildman–Crippen LogP) is 4.24. The Morgan fingerprint density at radius 2 is 2.12 bits per heavy atom. The van der Waals surface area contributed by atoms with Gasteiger partial charge in [0.1, 0.15) is 16.6 Å². The monoisotopic (exact) mass is 369 g/mol. The van der Waals surface area contributed by atoms with E-state index in [0.717, 1.165) is 58.7 Å². The van der Waals surface area contributed by atoms with Crippen molar-refractivity contribution in [3.05, 3.63) is 45.6 Å². The molecule has 3 aromatic rings. The van der Waals surface area contributed by atoms with E-state index in [0.29, 0.717) is 0 Å². The van der Waals surface area contributed by atoms with Gasteiger partial charge in [0.15, 0.2) is 0 Å². The fraction of sp³-hybridized carbons (Fsp3) is 0.474. The second kappa shape index (κ2) is 7.25. The summed E-state index contributed by atoms with van der Waals surface area (Å²) in [6.45, 7) is 7.84. The normalized spacial score (nSPS) is 18.3. The number of hydrogen-bond acceptors (Lipinski definition) is 7. The van der Waals surface area contributed by atoms with E-state index in [4.69, 9.17) is 14.5 Å². The molecule has 0 amide bonds. The van der Waals surface area contributed by atoms with Gasteiger partial charge in [-0.25, -0.2) is 15.0 Å². The summed E-state index contributed by atoms with van der Waals surface area (Å²) in [6, 6.07) is 2.25. The number of hydrogen-bond donors (Lipinski definition) is 0. The van der Waals surface area contributed by atoms with Gasteiger partial charge in [-0.05, 0) is 46.2 Å². The molecule has 1 fully saturated rings. The van der Waals surface area contributed by atoms with Gasteiger partial charge in [0.25, 0.3) is 0 Å². The maximum absolute atomic E-state index is 5.34. The van der Waals surface area contributed by atoms with Gasteiger partial charge >= 0.3 is 0 Å². The van der Waals surface area contributed by atoms with Gasteiger partial charge in [0.05, 0.1) is 29.5 Å². The first kappa shape index (κ1) is 17.3. The van der Waals surface area contributed by atoms with Gasteiger partial charge in [0.2, 0.25) is 0 Å². The third-order valence-electron chi connectivity index (χ3n) is 4.89. The third-order valence-corrected chi connectivity index (χ3v) is 5.66. The van der Waals surface area contributed by atoms with Crippen molar-refractivity contribution < 1.29 is 4.52 Å². The Kier molecular flexibility index (Phi) is 4.82. The molecule has 1 aliphatic heterocycles. The maximum atomic E-state index is 5.34. The summed E-state index contributed by atoms with van der Waals surface area (Å²) in [5.41, 5.74) is 3.74. The standard InChI is InChI=1S/C19H23N5OS/c1-12-10-15(18-13(2)23-25-14(18)3)22-19(21-12)16-6-4-5-8-24(16)11-17-20-7-9-26-17/h7,9-10,16H,4-6,8,11H2,1-3H3. The molecule has 136 valence electrons. The van der Waals surface area contributed by atoms with E-state index < -0.39 is 0 Å². The first-order valence-electron chi connectivity index (χ1n) is 9.03. The zero-order valence-electron chi connectivity index (χ0n) is 15.4. The molecule has 1 unspecified atom stereocenters. The highest BCUT2D eigenvalue weighted by molar-refractivity contribution is 7.09. The molecule has 0 bridgehead atoms. The number of thiazole rings is 1. The predicted molar refractivity (Wildman–Crippen MR) is 101 cm³/mol. The zero-order chi connectivity index (χ0) is 18.1. The van der Waals surface area contributed by atoms with Gasteiger partial charge in [-0.15, -0.1) is 11.3 Å². The smallest absolute Gasteiger partial charge is 0.146 e. The minimum absolute atomic E-state index is 0.228. The van der Waals surface area contributed by atoms with E-state index in [-0.39, 0.29) is 6.04 Å². The molecule has 0 N–H and O–H groups in total. The number of aromatic nitrogens is 4. The van der Waals surface area contributed by atoms with E-state index in [1.165, 1.54) is 12.8 Å². The lowest BCUT2D eigenvalue weighted by atomic mass is 10.0. The summed E-state index contributed by atoms with van der Waals surface area (Å²) >= 11 is 1.71. The van der Waals surface area contributed by atoms with Crippen molar-refractivity contribution >= 4 is 11.3 Å². The molecule has 0 aliphatic carbocycles. The van der Waals surface area contributed by atoms with E-state index in [1.807, 2.05) is 38.4 Å². The lowest BCUT2D eigenvalue weighted by Crippen LogP contribution is -2.34. The Bertz CT molecular complexity index is 870. The molecule has 1 saturated heterocycles. The molecule has 4 heterocycles. The summed E-state index contributed by atoms with van der Waals surface area (Å²) < 4.78 is 5.34. The van der Waals surface area contributed by atoms with Crippen LogP contribution >= 0.6 is 11.3 Å². The van der Waals surface area contributed by atoms with Crippen LogP contribution in [0.3, 0.4) is 0 Å². The van der Waals surface area contributed by atoms with E-state index in [2.05, 4.69) is 15.0 Å². The quantitative estimate of drug-likeness (QED) is 0.685. The second-order valence-electron chi connectivity index (χ2n) is 6.86. The minimum atomic E-state index is 0.228.